The number of aromatic nitrogens is 2. The van der Waals surface area contributed by atoms with E-state index >= 15 is 0 Å². The van der Waals surface area contributed by atoms with Crippen LogP contribution < -0.4 is 0 Å². The molecule has 4 heteroatoms. The van der Waals surface area contributed by atoms with Gasteiger partial charge in [-0.3, -0.25) is 0 Å². The van der Waals surface area contributed by atoms with Crippen LogP contribution in [0.25, 0.3) is 11.0 Å². The molecule has 1 heterocycles. The van der Waals surface area contributed by atoms with Gasteiger partial charge in [0.05, 0.1) is 16.4 Å². The van der Waals surface area contributed by atoms with E-state index in [1.807, 2.05) is 6.92 Å². The lowest BCUT2D eigenvalue weighted by Gasteiger charge is -2.26. The fourth-order valence-electron chi connectivity index (χ4n) is 2.61. The Morgan fingerprint density at radius 2 is 2.10 bits per heavy atom. The van der Waals surface area contributed by atoms with Gasteiger partial charge in [-0.05, 0) is 43.4 Å². The second-order valence-corrected chi connectivity index (χ2v) is 7.23. The Morgan fingerprint density at radius 1 is 1.38 bits per heavy atom. The largest absolute Gasteiger partial charge is 0.385 e. The molecule has 21 heavy (non-hydrogen) atoms. The molecule has 0 bridgehead atoms. The molecule has 0 radical (unpaired) electrons. The molecule has 0 saturated carbocycles. The summed E-state index contributed by atoms with van der Waals surface area (Å²) in [6.45, 7) is 10.3. The van der Waals surface area contributed by atoms with Crippen molar-refractivity contribution in [3.05, 3.63) is 29.6 Å². The predicted octanol–water partition coefficient (Wildman–Crippen LogP) is 4.71. The lowest BCUT2D eigenvalue weighted by atomic mass is 9.89. The van der Waals surface area contributed by atoms with Crippen molar-refractivity contribution < 1.29 is 4.74 Å². The highest BCUT2D eigenvalue weighted by Crippen LogP contribution is 2.30. The van der Waals surface area contributed by atoms with Crippen molar-refractivity contribution >= 4 is 22.6 Å². The molecular formula is C17H25ClN2O. The molecule has 0 aliphatic carbocycles. The summed E-state index contributed by atoms with van der Waals surface area (Å²) in [6, 6.07) is 6.36. The Kier molecular flexibility index (Phi) is 4.95. The normalized spacial score (nSPS) is 13.8. The molecule has 0 N–H and O–H groups in total. The number of rotatable bonds is 6. The van der Waals surface area contributed by atoms with E-state index in [1.165, 1.54) is 11.1 Å². The van der Waals surface area contributed by atoms with Crippen LogP contribution in [0.15, 0.2) is 18.2 Å². The number of alkyl halides is 1. The summed E-state index contributed by atoms with van der Waals surface area (Å²) in [6.07, 6.45) is 1.01. The quantitative estimate of drug-likeness (QED) is 0.723. The van der Waals surface area contributed by atoms with Crippen LogP contribution in [-0.2, 0) is 11.3 Å². The Labute approximate surface area is 132 Å². The Balaban J connectivity index is 2.44. The molecule has 1 atom stereocenters. The van der Waals surface area contributed by atoms with Crippen LogP contribution >= 0.6 is 11.6 Å². The molecule has 116 valence electrons. The maximum absolute atomic E-state index is 6.34. The molecule has 0 amide bonds. The number of nitrogens with zero attached hydrogens (tertiary/aromatic N) is 2. The van der Waals surface area contributed by atoms with Crippen LogP contribution in [-0.4, -0.2) is 23.3 Å². The number of methoxy groups -OCH3 is 1. The number of aryl methyl sites for hydroxylation is 1. The van der Waals surface area contributed by atoms with Crippen molar-refractivity contribution in [2.75, 3.05) is 13.7 Å². The first-order chi connectivity index (χ1) is 9.84. The number of fused-ring (bicyclic) bond motifs is 1. The van der Waals surface area contributed by atoms with Gasteiger partial charge in [-0.2, -0.15) is 0 Å². The van der Waals surface area contributed by atoms with Crippen molar-refractivity contribution in [2.24, 2.45) is 5.41 Å². The molecule has 1 aromatic carbocycles. The summed E-state index contributed by atoms with van der Waals surface area (Å²) in [5.41, 5.74) is 3.56. The highest BCUT2D eigenvalue weighted by molar-refractivity contribution is 6.20. The highest BCUT2D eigenvalue weighted by atomic mass is 35.5. The van der Waals surface area contributed by atoms with E-state index < -0.39 is 0 Å². The molecule has 3 nitrogen and oxygen atoms in total. The van der Waals surface area contributed by atoms with Crippen molar-refractivity contribution in [1.82, 2.24) is 9.55 Å². The third kappa shape index (κ3) is 3.78. The van der Waals surface area contributed by atoms with Gasteiger partial charge in [0, 0.05) is 20.3 Å². The van der Waals surface area contributed by atoms with Crippen LogP contribution in [0.3, 0.4) is 0 Å². The fourth-order valence-corrected chi connectivity index (χ4v) is 2.77. The number of benzene rings is 1. The molecular weight excluding hydrogens is 284 g/mol. The van der Waals surface area contributed by atoms with E-state index in [0.29, 0.717) is 0 Å². The van der Waals surface area contributed by atoms with Crippen LogP contribution in [0.4, 0.5) is 0 Å². The SMILES string of the molecule is COCCC(C)(C)Cn1c(C(C)Cl)nc2ccc(C)cc21. The second kappa shape index (κ2) is 6.37. The lowest BCUT2D eigenvalue weighted by molar-refractivity contribution is 0.142. The van der Waals surface area contributed by atoms with Gasteiger partial charge in [-0.25, -0.2) is 4.98 Å². The zero-order valence-corrected chi connectivity index (χ0v) is 14.4. The Morgan fingerprint density at radius 3 is 2.71 bits per heavy atom. The van der Waals surface area contributed by atoms with Crippen LogP contribution in [0, 0.1) is 12.3 Å². The number of hydrogen-bond donors (Lipinski definition) is 0. The van der Waals surface area contributed by atoms with Gasteiger partial charge in [-0.1, -0.05) is 19.9 Å². The van der Waals surface area contributed by atoms with Gasteiger partial charge in [0.1, 0.15) is 5.82 Å². The van der Waals surface area contributed by atoms with Gasteiger partial charge in [-0.15, -0.1) is 11.6 Å². The van der Waals surface area contributed by atoms with Crippen molar-refractivity contribution in [1.29, 1.82) is 0 Å². The standard InChI is InChI=1S/C17H25ClN2O/c1-12-6-7-14-15(10-12)20(16(19-14)13(2)18)11-17(3,4)8-9-21-5/h6-7,10,13H,8-9,11H2,1-5H3. The summed E-state index contributed by atoms with van der Waals surface area (Å²) in [4.78, 5) is 4.72. The summed E-state index contributed by atoms with van der Waals surface area (Å²) in [5, 5.41) is -0.101. The van der Waals surface area contributed by atoms with E-state index in [2.05, 4.69) is 43.5 Å². The smallest absolute Gasteiger partial charge is 0.127 e. The average molecular weight is 309 g/mol. The molecule has 0 aliphatic heterocycles. The predicted molar refractivity (Wildman–Crippen MR) is 89.0 cm³/mol. The molecule has 0 spiro atoms. The van der Waals surface area contributed by atoms with Crippen molar-refractivity contribution in [3.63, 3.8) is 0 Å². The van der Waals surface area contributed by atoms with Crippen molar-refractivity contribution in [3.8, 4) is 0 Å². The minimum absolute atomic E-state index is 0.101. The topological polar surface area (TPSA) is 27.1 Å². The first-order valence-electron chi connectivity index (χ1n) is 7.44. The van der Waals surface area contributed by atoms with E-state index in [4.69, 9.17) is 21.3 Å². The number of imidazole rings is 1. The van der Waals surface area contributed by atoms with Crippen molar-refractivity contribution in [2.45, 2.75) is 46.0 Å². The van der Waals surface area contributed by atoms with Gasteiger partial charge in [0.2, 0.25) is 0 Å². The highest BCUT2D eigenvalue weighted by Gasteiger charge is 2.23. The Bertz CT molecular complexity index is 617. The minimum atomic E-state index is -0.101. The summed E-state index contributed by atoms with van der Waals surface area (Å²) in [7, 11) is 1.75. The lowest BCUT2D eigenvalue weighted by Crippen LogP contribution is -2.23. The number of halogens is 1. The fraction of sp³-hybridized carbons (Fsp3) is 0.588. The Hall–Kier alpha value is -1.06. The van der Waals surface area contributed by atoms with E-state index in [9.17, 15) is 0 Å². The van der Waals surface area contributed by atoms with Gasteiger partial charge in [0.15, 0.2) is 0 Å². The zero-order chi connectivity index (χ0) is 15.6. The minimum Gasteiger partial charge on any atom is -0.385 e. The van der Waals surface area contributed by atoms with Gasteiger partial charge >= 0.3 is 0 Å². The molecule has 1 aromatic heterocycles. The number of ether oxygens (including phenoxy) is 1. The maximum Gasteiger partial charge on any atom is 0.127 e. The third-order valence-electron chi connectivity index (χ3n) is 3.86. The maximum atomic E-state index is 6.34. The molecule has 0 aliphatic rings. The molecule has 0 fully saturated rings. The van der Waals surface area contributed by atoms with Crippen LogP contribution in [0.1, 0.15) is 44.0 Å². The molecule has 1 unspecified atom stereocenters. The molecule has 0 saturated heterocycles. The zero-order valence-electron chi connectivity index (χ0n) is 13.6. The van der Waals surface area contributed by atoms with Crippen LogP contribution in [0.5, 0.6) is 0 Å². The molecule has 2 aromatic rings. The van der Waals surface area contributed by atoms with Gasteiger partial charge < -0.3 is 9.30 Å². The third-order valence-corrected chi connectivity index (χ3v) is 4.05. The van der Waals surface area contributed by atoms with E-state index in [0.717, 1.165) is 30.9 Å². The second-order valence-electron chi connectivity index (χ2n) is 6.57. The van der Waals surface area contributed by atoms with Gasteiger partial charge in [0.25, 0.3) is 0 Å². The molecule has 2 rings (SSSR count). The monoisotopic (exact) mass is 308 g/mol. The number of hydrogen-bond acceptors (Lipinski definition) is 2. The van der Waals surface area contributed by atoms with E-state index in [1.54, 1.807) is 7.11 Å². The summed E-state index contributed by atoms with van der Waals surface area (Å²) < 4.78 is 7.50. The first-order valence-corrected chi connectivity index (χ1v) is 7.87. The summed E-state index contributed by atoms with van der Waals surface area (Å²) >= 11 is 6.34. The average Bonchev–Trinajstić information content (AvgIpc) is 2.74. The van der Waals surface area contributed by atoms with Crippen LogP contribution in [0.2, 0.25) is 0 Å². The summed E-state index contributed by atoms with van der Waals surface area (Å²) in [5.74, 6) is 0.947. The first kappa shape index (κ1) is 16.3. The van der Waals surface area contributed by atoms with E-state index in [-0.39, 0.29) is 10.8 Å².